The quantitative estimate of drug-likeness (QED) is 0.779. The molecule has 0 radical (unpaired) electrons. The van der Waals surface area contributed by atoms with Crippen LogP contribution in [0.1, 0.15) is 20.3 Å². The Morgan fingerprint density at radius 2 is 1.33 bits per heavy atom. The van der Waals surface area contributed by atoms with E-state index in [4.69, 9.17) is 14.2 Å². The molecule has 0 amide bonds. The Morgan fingerprint density at radius 3 is 1.72 bits per heavy atom. The van der Waals surface area contributed by atoms with E-state index in [9.17, 15) is 0 Å². The fourth-order valence-corrected chi connectivity index (χ4v) is 6.79. The van der Waals surface area contributed by atoms with E-state index in [1.54, 1.807) is 0 Å². The summed E-state index contributed by atoms with van der Waals surface area (Å²) in [5, 5.41) is 0. The molecule has 3 heterocycles. The van der Waals surface area contributed by atoms with Crippen LogP contribution in [0.5, 0.6) is 0 Å². The summed E-state index contributed by atoms with van der Waals surface area (Å²) < 4.78 is 18.7. The fraction of sp³-hybridized carbons (Fsp3) is 1.00. The minimum Gasteiger partial charge on any atom is -0.336 e. The maximum Gasteiger partial charge on any atom is 0.174 e. The molecule has 0 aromatic carbocycles. The number of hydrogen-bond acceptors (Lipinski definition) is 5. The summed E-state index contributed by atoms with van der Waals surface area (Å²) in [5.74, 6) is 1.47. The standard InChI is InChI=1S/C13H20O3S2/c1-12-8-6(10(14-12)17-3)5-7-9(8)13(2,16-12)15-11(7)18-4/h6-11H,5H2,1-4H3/t6-,7+,8-,9+,10+,11-,12+,13-. The zero-order valence-electron chi connectivity index (χ0n) is 11.2. The van der Waals surface area contributed by atoms with E-state index in [0.29, 0.717) is 34.5 Å². The van der Waals surface area contributed by atoms with Crippen LogP contribution in [0.4, 0.5) is 0 Å². The number of ether oxygens (including phenoxy) is 3. The first-order valence-corrected chi connectivity index (χ1v) is 9.21. The summed E-state index contributed by atoms with van der Waals surface area (Å²) in [6.45, 7) is 4.23. The molecule has 5 heteroatoms. The predicted octanol–water partition coefficient (Wildman–Crippen LogP) is 2.76. The molecule has 0 N–H and O–H groups in total. The third kappa shape index (κ3) is 1.26. The van der Waals surface area contributed by atoms with E-state index in [1.165, 1.54) is 6.42 Å². The summed E-state index contributed by atoms with van der Waals surface area (Å²) in [7, 11) is 0. The minimum atomic E-state index is -0.421. The minimum absolute atomic E-state index is 0.303. The fourth-order valence-electron chi connectivity index (χ4n) is 4.96. The molecule has 3 nitrogen and oxygen atoms in total. The molecule has 102 valence electrons. The number of thioether (sulfide) groups is 2. The molecular formula is C13H20O3S2. The maximum atomic E-state index is 6.28. The van der Waals surface area contributed by atoms with Crippen molar-refractivity contribution in [3.8, 4) is 0 Å². The van der Waals surface area contributed by atoms with Crippen molar-refractivity contribution in [2.24, 2.45) is 23.7 Å². The van der Waals surface area contributed by atoms with Crippen molar-refractivity contribution in [2.75, 3.05) is 12.5 Å². The molecule has 4 fully saturated rings. The van der Waals surface area contributed by atoms with Crippen LogP contribution in [0.15, 0.2) is 0 Å². The third-order valence-electron chi connectivity index (χ3n) is 5.33. The van der Waals surface area contributed by atoms with Crippen molar-refractivity contribution in [3.05, 3.63) is 0 Å². The van der Waals surface area contributed by atoms with Gasteiger partial charge in [0, 0.05) is 23.7 Å². The molecule has 0 unspecified atom stereocenters. The van der Waals surface area contributed by atoms with Gasteiger partial charge in [0.1, 0.15) is 10.9 Å². The first-order valence-electron chi connectivity index (χ1n) is 6.64. The molecule has 0 spiro atoms. The van der Waals surface area contributed by atoms with E-state index in [1.807, 2.05) is 23.5 Å². The Morgan fingerprint density at radius 1 is 0.889 bits per heavy atom. The van der Waals surface area contributed by atoms with Gasteiger partial charge in [0.15, 0.2) is 11.6 Å². The third-order valence-corrected chi connectivity index (χ3v) is 7.16. The predicted molar refractivity (Wildman–Crippen MR) is 73.2 cm³/mol. The zero-order valence-corrected chi connectivity index (χ0v) is 12.8. The average Bonchev–Trinajstić information content (AvgIpc) is 2.95. The van der Waals surface area contributed by atoms with Gasteiger partial charge in [-0.1, -0.05) is 0 Å². The van der Waals surface area contributed by atoms with E-state index in [-0.39, 0.29) is 0 Å². The Hall–Kier alpha value is 0.580. The van der Waals surface area contributed by atoms with Gasteiger partial charge < -0.3 is 14.2 Å². The second-order valence-electron chi connectivity index (χ2n) is 6.19. The van der Waals surface area contributed by atoms with E-state index in [2.05, 4.69) is 26.4 Å². The Bertz CT molecular complexity index is 358. The Balaban J connectivity index is 1.76. The van der Waals surface area contributed by atoms with Gasteiger partial charge in [0.05, 0.1) is 0 Å². The van der Waals surface area contributed by atoms with Crippen LogP contribution in [-0.2, 0) is 14.2 Å². The van der Waals surface area contributed by atoms with Crippen LogP contribution in [0, 0.1) is 23.7 Å². The van der Waals surface area contributed by atoms with Crippen LogP contribution in [-0.4, -0.2) is 35.0 Å². The Labute approximate surface area is 117 Å². The highest BCUT2D eigenvalue weighted by atomic mass is 32.2. The van der Waals surface area contributed by atoms with Crippen molar-refractivity contribution in [1.82, 2.24) is 0 Å². The maximum absolute atomic E-state index is 6.28. The molecule has 0 aromatic heterocycles. The SMILES string of the molecule is CS[C@H]1O[C@]2(C)O[C@]3(C)O[C@@H](SC)[C@@H]4C[C@H]1[C@H]2[C@@H]43. The van der Waals surface area contributed by atoms with Crippen molar-refractivity contribution < 1.29 is 14.2 Å². The lowest BCUT2D eigenvalue weighted by Crippen LogP contribution is -2.36. The molecule has 1 saturated carbocycles. The highest BCUT2D eigenvalue weighted by Crippen LogP contribution is 2.70. The van der Waals surface area contributed by atoms with Gasteiger partial charge in [-0.25, -0.2) is 0 Å². The first-order chi connectivity index (χ1) is 8.52. The summed E-state index contributed by atoms with van der Waals surface area (Å²) in [6.07, 6.45) is 5.52. The highest BCUT2D eigenvalue weighted by Gasteiger charge is 2.76. The number of hydrogen-bond donors (Lipinski definition) is 0. The smallest absolute Gasteiger partial charge is 0.174 e. The lowest BCUT2D eigenvalue weighted by atomic mass is 9.83. The van der Waals surface area contributed by atoms with Crippen molar-refractivity contribution in [2.45, 2.75) is 42.7 Å². The number of rotatable bonds is 2. The average molecular weight is 288 g/mol. The largest absolute Gasteiger partial charge is 0.336 e. The van der Waals surface area contributed by atoms with Gasteiger partial charge in [-0.05, 0) is 32.8 Å². The normalized spacial score (nSPS) is 64.7. The summed E-state index contributed by atoms with van der Waals surface area (Å²) in [6, 6.07) is 0. The summed E-state index contributed by atoms with van der Waals surface area (Å²) in [4.78, 5) is 0. The van der Waals surface area contributed by atoms with Gasteiger partial charge in [-0.15, -0.1) is 23.5 Å². The van der Waals surface area contributed by atoms with Gasteiger partial charge >= 0.3 is 0 Å². The van der Waals surface area contributed by atoms with Crippen molar-refractivity contribution in [1.29, 1.82) is 0 Å². The molecule has 4 aliphatic rings. The van der Waals surface area contributed by atoms with Gasteiger partial charge in [-0.3, -0.25) is 0 Å². The van der Waals surface area contributed by atoms with Crippen molar-refractivity contribution >= 4 is 23.5 Å². The lowest BCUT2D eigenvalue weighted by Gasteiger charge is -2.30. The van der Waals surface area contributed by atoms with Crippen LogP contribution in [0.2, 0.25) is 0 Å². The topological polar surface area (TPSA) is 27.7 Å². The molecule has 3 saturated heterocycles. The molecule has 3 aliphatic heterocycles. The molecule has 4 rings (SSSR count). The summed E-state index contributed by atoms with van der Waals surface area (Å²) in [5.41, 5.74) is 0.607. The lowest BCUT2D eigenvalue weighted by molar-refractivity contribution is -0.299. The molecule has 0 aromatic rings. The molecular weight excluding hydrogens is 268 g/mol. The van der Waals surface area contributed by atoms with Gasteiger partial charge in [0.2, 0.25) is 0 Å². The Kier molecular flexibility index (Phi) is 2.47. The van der Waals surface area contributed by atoms with E-state index >= 15 is 0 Å². The van der Waals surface area contributed by atoms with Crippen LogP contribution in [0.3, 0.4) is 0 Å². The monoisotopic (exact) mass is 288 g/mol. The van der Waals surface area contributed by atoms with Gasteiger partial charge in [0.25, 0.3) is 0 Å². The molecule has 1 aliphatic carbocycles. The molecule has 18 heavy (non-hydrogen) atoms. The second kappa shape index (κ2) is 3.61. The summed E-state index contributed by atoms with van der Waals surface area (Å²) >= 11 is 3.66. The first kappa shape index (κ1) is 12.3. The van der Waals surface area contributed by atoms with Crippen LogP contribution >= 0.6 is 23.5 Å². The van der Waals surface area contributed by atoms with Crippen LogP contribution < -0.4 is 0 Å². The molecule has 8 atom stereocenters. The molecule has 0 bridgehead atoms. The second-order valence-corrected chi connectivity index (χ2v) is 8.06. The van der Waals surface area contributed by atoms with Gasteiger partial charge in [-0.2, -0.15) is 0 Å². The zero-order chi connectivity index (χ0) is 12.7. The highest BCUT2D eigenvalue weighted by molar-refractivity contribution is 7.99. The van der Waals surface area contributed by atoms with Crippen LogP contribution in [0.25, 0.3) is 0 Å². The van der Waals surface area contributed by atoms with Crippen molar-refractivity contribution in [3.63, 3.8) is 0 Å². The van der Waals surface area contributed by atoms with E-state index in [0.717, 1.165) is 0 Å². The van der Waals surface area contributed by atoms with E-state index < -0.39 is 11.6 Å².